The molecule has 0 unspecified atom stereocenters. The van der Waals surface area contributed by atoms with Crippen molar-refractivity contribution in [2.75, 3.05) is 62.7 Å². The van der Waals surface area contributed by atoms with Gasteiger partial charge in [0.15, 0.2) is 11.5 Å². The number of methoxy groups -OCH3 is 1. The van der Waals surface area contributed by atoms with Crippen molar-refractivity contribution < 1.29 is 19.1 Å². The van der Waals surface area contributed by atoms with Crippen LogP contribution >= 0.6 is 11.6 Å². The molecule has 5 rings (SSSR count). The van der Waals surface area contributed by atoms with Crippen LogP contribution in [0.5, 0.6) is 11.5 Å². The Balaban J connectivity index is 1.16. The molecule has 0 bridgehead atoms. The number of nitrogens with zero attached hydrogens (tertiary/aromatic N) is 3. The second-order valence-corrected chi connectivity index (χ2v) is 9.84. The van der Waals surface area contributed by atoms with Gasteiger partial charge in [-0.05, 0) is 54.1 Å². The summed E-state index contributed by atoms with van der Waals surface area (Å²) < 4.78 is 11.1. The van der Waals surface area contributed by atoms with Gasteiger partial charge in [-0.2, -0.15) is 0 Å². The molecule has 3 aromatic carbocycles. The molecular formula is C30H31ClN4O4. The highest BCUT2D eigenvalue weighted by Crippen LogP contribution is 2.35. The first-order valence-corrected chi connectivity index (χ1v) is 13.3. The maximum absolute atomic E-state index is 13.3. The van der Waals surface area contributed by atoms with Crippen LogP contribution in [0.3, 0.4) is 0 Å². The van der Waals surface area contributed by atoms with Gasteiger partial charge in [0.1, 0.15) is 12.3 Å². The van der Waals surface area contributed by atoms with Gasteiger partial charge in [0, 0.05) is 50.0 Å². The Labute approximate surface area is 233 Å². The minimum atomic E-state index is -0.364. The van der Waals surface area contributed by atoms with Crippen molar-refractivity contribution in [2.45, 2.75) is 0 Å². The van der Waals surface area contributed by atoms with Crippen LogP contribution in [0.2, 0.25) is 5.02 Å². The summed E-state index contributed by atoms with van der Waals surface area (Å²) in [5.74, 6) is 0.823. The van der Waals surface area contributed by atoms with Crippen molar-refractivity contribution in [2.24, 2.45) is 0 Å². The summed E-state index contributed by atoms with van der Waals surface area (Å²) in [5.41, 5.74) is 2.49. The first-order chi connectivity index (χ1) is 19.0. The van der Waals surface area contributed by atoms with Crippen molar-refractivity contribution in [1.29, 1.82) is 0 Å². The molecule has 8 nitrogen and oxygen atoms in total. The van der Waals surface area contributed by atoms with E-state index in [9.17, 15) is 9.59 Å². The number of para-hydroxylation sites is 2. The van der Waals surface area contributed by atoms with E-state index >= 15 is 0 Å². The third kappa shape index (κ3) is 6.53. The molecule has 2 amide bonds. The molecule has 0 saturated carbocycles. The summed E-state index contributed by atoms with van der Waals surface area (Å²) in [6.07, 6.45) is 1.67. The van der Waals surface area contributed by atoms with Crippen LogP contribution in [-0.2, 0) is 9.59 Å². The molecular weight excluding hydrogens is 516 g/mol. The number of nitrogens with one attached hydrogen (secondary N) is 1. The molecule has 1 fully saturated rings. The average Bonchev–Trinajstić information content (AvgIpc) is 2.96. The van der Waals surface area contributed by atoms with Crippen molar-refractivity contribution >= 4 is 40.9 Å². The minimum Gasteiger partial charge on any atom is -0.497 e. The fraction of sp³-hybridized carbons (Fsp3) is 0.267. The molecule has 0 atom stereocenters. The lowest BCUT2D eigenvalue weighted by Gasteiger charge is -2.36. The Kier molecular flexibility index (Phi) is 8.34. The van der Waals surface area contributed by atoms with Crippen molar-refractivity contribution in [3.05, 3.63) is 89.1 Å². The van der Waals surface area contributed by atoms with Crippen LogP contribution in [-0.4, -0.2) is 69.6 Å². The fourth-order valence-corrected chi connectivity index (χ4v) is 4.91. The molecule has 0 radical (unpaired) electrons. The van der Waals surface area contributed by atoms with E-state index in [1.54, 1.807) is 25.3 Å². The SMILES string of the molecule is COc1ccc(/C=C2/Oc3ccccc3N(CC(=O)NCCN3CCN(c4cccc(Cl)c4)CC3)C2=O)cc1. The van der Waals surface area contributed by atoms with Crippen molar-refractivity contribution in [1.82, 2.24) is 10.2 Å². The summed E-state index contributed by atoms with van der Waals surface area (Å²) in [5, 5.41) is 3.71. The predicted molar refractivity (Wildman–Crippen MR) is 154 cm³/mol. The van der Waals surface area contributed by atoms with Gasteiger partial charge in [-0.3, -0.25) is 19.4 Å². The van der Waals surface area contributed by atoms with Gasteiger partial charge in [0.2, 0.25) is 5.91 Å². The number of halogens is 1. The van der Waals surface area contributed by atoms with E-state index in [4.69, 9.17) is 21.1 Å². The fourth-order valence-electron chi connectivity index (χ4n) is 4.73. The molecule has 2 heterocycles. The van der Waals surface area contributed by atoms with Gasteiger partial charge >= 0.3 is 0 Å². The van der Waals surface area contributed by atoms with E-state index in [-0.39, 0.29) is 24.1 Å². The number of hydrogen-bond acceptors (Lipinski definition) is 6. The van der Waals surface area contributed by atoms with E-state index < -0.39 is 0 Å². The number of carbonyl (C=O) groups excluding carboxylic acids is 2. The number of amides is 2. The molecule has 39 heavy (non-hydrogen) atoms. The minimum absolute atomic E-state index is 0.0955. The first-order valence-electron chi connectivity index (χ1n) is 12.9. The maximum atomic E-state index is 13.3. The zero-order valence-electron chi connectivity index (χ0n) is 21.8. The van der Waals surface area contributed by atoms with Crippen molar-refractivity contribution in [3.63, 3.8) is 0 Å². The molecule has 202 valence electrons. The van der Waals surface area contributed by atoms with Gasteiger partial charge in [0.05, 0.1) is 12.8 Å². The van der Waals surface area contributed by atoms with E-state index in [0.29, 0.717) is 18.0 Å². The summed E-state index contributed by atoms with van der Waals surface area (Å²) in [7, 11) is 1.60. The van der Waals surface area contributed by atoms with E-state index in [1.807, 2.05) is 54.6 Å². The van der Waals surface area contributed by atoms with Crippen LogP contribution in [0.4, 0.5) is 11.4 Å². The van der Waals surface area contributed by atoms with Gasteiger partial charge < -0.3 is 19.7 Å². The Hall–Kier alpha value is -4.01. The number of ether oxygens (including phenoxy) is 2. The van der Waals surface area contributed by atoms with Gasteiger partial charge in [-0.1, -0.05) is 41.9 Å². The Morgan fingerprint density at radius 3 is 2.54 bits per heavy atom. The standard InChI is InChI=1S/C30H31ClN4O4/c1-38-25-11-9-22(10-12-25)19-28-30(37)35(26-7-2-3-8-27(26)39-28)21-29(36)32-13-14-33-15-17-34(18-16-33)24-6-4-5-23(31)20-24/h2-12,19-20H,13-18,21H2,1H3,(H,32,36)/b28-19+. The van der Waals surface area contributed by atoms with Crippen LogP contribution in [0.15, 0.2) is 78.6 Å². The van der Waals surface area contributed by atoms with Crippen molar-refractivity contribution in [3.8, 4) is 11.5 Å². The molecule has 0 aromatic heterocycles. The maximum Gasteiger partial charge on any atom is 0.294 e. The zero-order chi connectivity index (χ0) is 27.2. The largest absolute Gasteiger partial charge is 0.497 e. The number of carbonyl (C=O) groups is 2. The third-order valence-electron chi connectivity index (χ3n) is 6.84. The highest BCUT2D eigenvalue weighted by atomic mass is 35.5. The highest BCUT2D eigenvalue weighted by Gasteiger charge is 2.31. The number of rotatable bonds is 8. The van der Waals surface area contributed by atoms with E-state index in [0.717, 1.165) is 54.7 Å². The summed E-state index contributed by atoms with van der Waals surface area (Å²) >= 11 is 6.14. The van der Waals surface area contributed by atoms with E-state index in [1.165, 1.54) is 4.90 Å². The number of piperazine rings is 1. The highest BCUT2D eigenvalue weighted by molar-refractivity contribution is 6.30. The second-order valence-electron chi connectivity index (χ2n) is 9.40. The van der Waals surface area contributed by atoms with Crippen LogP contribution < -0.4 is 24.6 Å². The number of anilines is 2. The summed E-state index contributed by atoms with van der Waals surface area (Å²) in [6.45, 7) is 4.75. The quantitative estimate of drug-likeness (QED) is 0.430. The zero-order valence-corrected chi connectivity index (χ0v) is 22.6. The lowest BCUT2D eigenvalue weighted by Crippen LogP contribution is -2.49. The lowest BCUT2D eigenvalue weighted by molar-refractivity contribution is -0.123. The molecule has 3 aromatic rings. The first kappa shape index (κ1) is 26.6. The molecule has 1 saturated heterocycles. The van der Waals surface area contributed by atoms with Crippen LogP contribution in [0, 0.1) is 0 Å². The number of fused-ring (bicyclic) bond motifs is 1. The van der Waals surface area contributed by atoms with Crippen LogP contribution in [0.25, 0.3) is 6.08 Å². The third-order valence-corrected chi connectivity index (χ3v) is 7.08. The molecule has 2 aliphatic rings. The monoisotopic (exact) mass is 546 g/mol. The topological polar surface area (TPSA) is 74.4 Å². The van der Waals surface area contributed by atoms with E-state index in [2.05, 4.69) is 21.2 Å². The Morgan fingerprint density at radius 2 is 1.79 bits per heavy atom. The van der Waals surface area contributed by atoms with Gasteiger partial charge in [0.25, 0.3) is 5.91 Å². The Bertz CT molecular complexity index is 1350. The Morgan fingerprint density at radius 1 is 1.03 bits per heavy atom. The lowest BCUT2D eigenvalue weighted by atomic mass is 10.1. The second kappa shape index (κ2) is 12.2. The molecule has 0 aliphatic carbocycles. The number of benzene rings is 3. The van der Waals surface area contributed by atoms with Crippen LogP contribution in [0.1, 0.15) is 5.56 Å². The normalized spacial score (nSPS) is 16.6. The van der Waals surface area contributed by atoms with Gasteiger partial charge in [-0.25, -0.2) is 0 Å². The smallest absolute Gasteiger partial charge is 0.294 e. The summed E-state index contributed by atoms with van der Waals surface area (Å²) in [4.78, 5) is 32.4. The molecule has 2 aliphatic heterocycles. The molecule has 9 heteroatoms. The average molecular weight is 547 g/mol. The molecule has 0 spiro atoms. The predicted octanol–water partition coefficient (Wildman–Crippen LogP) is 4.05. The number of hydrogen-bond donors (Lipinski definition) is 1. The van der Waals surface area contributed by atoms with Gasteiger partial charge in [-0.15, -0.1) is 0 Å². The molecule has 1 N–H and O–H groups in total. The summed E-state index contributed by atoms with van der Waals surface area (Å²) in [6, 6.07) is 22.5.